The van der Waals surface area contributed by atoms with Gasteiger partial charge in [-0.25, -0.2) is 19.2 Å². The van der Waals surface area contributed by atoms with Gasteiger partial charge in [0.2, 0.25) is 11.9 Å². The standard InChI is InChI=1S/C21H23BrFN5O3/c22-12-18(29)27-8-5-15(6-9-27)25-20-24-13-17(23)19(26-20)14-3-1-4-16(11-14)28-7-2-10-31-21(28)30/h1,3-4,11,13,15H,2,5-10,12H2,(H,24,25,26). The number of cyclic esters (lactones) is 1. The monoisotopic (exact) mass is 491 g/mol. The summed E-state index contributed by atoms with van der Waals surface area (Å²) >= 11 is 3.20. The number of aromatic nitrogens is 2. The summed E-state index contributed by atoms with van der Waals surface area (Å²) in [5, 5.41) is 3.58. The van der Waals surface area contributed by atoms with Gasteiger partial charge < -0.3 is 15.0 Å². The number of alkyl halides is 1. The lowest BCUT2D eigenvalue weighted by atomic mass is 10.1. The van der Waals surface area contributed by atoms with Crippen LogP contribution in [0.4, 0.5) is 20.8 Å². The SMILES string of the molecule is O=C(CBr)N1CCC(Nc2ncc(F)c(-c3cccc(N4CCCOC4=O)c3)n2)CC1. The van der Waals surface area contributed by atoms with E-state index in [2.05, 4.69) is 31.2 Å². The summed E-state index contributed by atoms with van der Waals surface area (Å²) in [4.78, 5) is 35.7. The number of halogens is 2. The molecule has 0 spiro atoms. The lowest BCUT2D eigenvalue weighted by molar-refractivity contribution is -0.129. The van der Waals surface area contributed by atoms with Crippen molar-refractivity contribution in [2.45, 2.75) is 25.3 Å². The largest absolute Gasteiger partial charge is 0.449 e. The van der Waals surface area contributed by atoms with Crippen LogP contribution in [0.2, 0.25) is 0 Å². The molecule has 0 aliphatic carbocycles. The Morgan fingerprint density at radius 1 is 1.29 bits per heavy atom. The highest BCUT2D eigenvalue weighted by Gasteiger charge is 2.24. The molecule has 0 bridgehead atoms. The van der Waals surface area contributed by atoms with Crippen LogP contribution >= 0.6 is 15.9 Å². The van der Waals surface area contributed by atoms with Crippen LogP contribution in [-0.2, 0) is 9.53 Å². The van der Waals surface area contributed by atoms with Gasteiger partial charge in [-0.1, -0.05) is 28.1 Å². The highest BCUT2D eigenvalue weighted by molar-refractivity contribution is 9.09. The van der Waals surface area contributed by atoms with E-state index in [4.69, 9.17) is 4.74 Å². The molecule has 0 unspecified atom stereocenters. The molecule has 8 nitrogen and oxygen atoms in total. The fourth-order valence-electron chi connectivity index (χ4n) is 3.79. The van der Waals surface area contributed by atoms with Crippen molar-refractivity contribution in [2.75, 3.05) is 41.8 Å². The molecule has 0 atom stereocenters. The summed E-state index contributed by atoms with van der Waals surface area (Å²) in [5.41, 5.74) is 1.35. The molecule has 31 heavy (non-hydrogen) atoms. The number of nitrogens with one attached hydrogen (secondary N) is 1. The first-order valence-corrected chi connectivity index (χ1v) is 11.3. The van der Waals surface area contributed by atoms with E-state index in [1.165, 1.54) is 4.90 Å². The predicted octanol–water partition coefficient (Wildman–Crippen LogP) is 3.43. The quantitative estimate of drug-likeness (QED) is 0.644. The van der Waals surface area contributed by atoms with Crippen molar-refractivity contribution in [3.63, 3.8) is 0 Å². The minimum atomic E-state index is -0.540. The van der Waals surface area contributed by atoms with Crippen molar-refractivity contribution in [1.29, 1.82) is 0 Å². The zero-order valence-corrected chi connectivity index (χ0v) is 18.5. The van der Waals surface area contributed by atoms with Crippen molar-refractivity contribution in [3.05, 3.63) is 36.3 Å². The zero-order chi connectivity index (χ0) is 21.8. The molecular weight excluding hydrogens is 469 g/mol. The molecule has 2 amide bonds. The number of hydrogen-bond donors (Lipinski definition) is 1. The van der Waals surface area contributed by atoms with Crippen LogP contribution in [0, 0.1) is 5.82 Å². The highest BCUT2D eigenvalue weighted by Crippen LogP contribution is 2.28. The molecule has 3 heterocycles. The van der Waals surface area contributed by atoms with Gasteiger partial charge in [0.25, 0.3) is 0 Å². The minimum Gasteiger partial charge on any atom is -0.449 e. The maximum atomic E-state index is 14.6. The summed E-state index contributed by atoms with van der Waals surface area (Å²) in [7, 11) is 0. The first-order valence-electron chi connectivity index (χ1n) is 10.2. The number of carbonyl (C=O) groups is 2. The molecule has 4 rings (SSSR count). The average molecular weight is 492 g/mol. The van der Waals surface area contributed by atoms with Crippen molar-refractivity contribution < 1.29 is 18.7 Å². The van der Waals surface area contributed by atoms with E-state index in [1.807, 2.05) is 4.90 Å². The van der Waals surface area contributed by atoms with Crippen LogP contribution in [-0.4, -0.2) is 64.5 Å². The Kier molecular flexibility index (Phi) is 6.64. The number of nitrogens with zero attached hydrogens (tertiary/aromatic N) is 4. The second-order valence-corrected chi connectivity index (χ2v) is 8.05. The summed E-state index contributed by atoms with van der Waals surface area (Å²) in [6.07, 6.45) is 3.02. The number of benzene rings is 1. The van der Waals surface area contributed by atoms with E-state index in [0.29, 0.717) is 48.8 Å². The molecule has 164 valence electrons. The van der Waals surface area contributed by atoms with E-state index in [0.717, 1.165) is 25.5 Å². The van der Waals surface area contributed by atoms with Crippen molar-refractivity contribution in [2.24, 2.45) is 0 Å². The maximum Gasteiger partial charge on any atom is 0.414 e. The zero-order valence-electron chi connectivity index (χ0n) is 16.9. The predicted molar refractivity (Wildman–Crippen MR) is 118 cm³/mol. The summed E-state index contributed by atoms with van der Waals surface area (Å²) in [6, 6.07) is 7.13. The minimum absolute atomic E-state index is 0.0798. The molecule has 2 aliphatic heterocycles. The molecule has 2 aromatic rings. The van der Waals surface area contributed by atoms with Crippen LogP contribution in [0.1, 0.15) is 19.3 Å². The highest BCUT2D eigenvalue weighted by atomic mass is 79.9. The number of ether oxygens (including phenoxy) is 1. The molecule has 2 fully saturated rings. The number of amides is 2. The van der Waals surface area contributed by atoms with Gasteiger partial charge in [0.05, 0.1) is 18.1 Å². The Morgan fingerprint density at radius 3 is 2.84 bits per heavy atom. The van der Waals surface area contributed by atoms with E-state index < -0.39 is 11.9 Å². The van der Waals surface area contributed by atoms with Crippen LogP contribution in [0.25, 0.3) is 11.3 Å². The third kappa shape index (κ3) is 4.95. The Labute approximate surface area is 187 Å². The third-order valence-corrected chi connectivity index (χ3v) is 5.92. The van der Waals surface area contributed by atoms with Crippen LogP contribution in [0.15, 0.2) is 30.5 Å². The summed E-state index contributed by atoms with van der Waals surface area (Å²) < 4.78 is 19.7. The smallest absolute Gasteiger partial charge is 0.414 e. The number of likely N-dealkylation sites (tertiary alicyclic amines) is 1. The van der Waals surface area contributed by atoms with Crippen molar-refractivity contribution >= 4 is 39.6 Å². The molecule has 1 aromatic carbocycles. The molecular formula is C21H23BrFN5O3. The molecule has 0 saturated carbocycles. The fourth-order valence-corrected chi connectivity index (χ4v) is 4.14. The van der Waals surface area contributed by atoms with E-state index in [9.17, 15) is 14.0 Å². The van der Waals surface area contributed by atoms with Gasteiger partial charge in [0, 0.05) is 36.9 Å². The van der Waals surface area contributed by atoms with E-state index >= 15 is 0 Å². The normalized spacial score (nSPS) is 17.4. The fraction of sp³-hybridized carbons (Fsp3) is 0.429. The molecule has 1 N–H and O–H groups in total. The average Bonchev–Trinajstić information content (AvgIpc) is 2.80. The van der Waals surface area contributed by atoms with Gasteiger partial charge in [-0.15, -0.1) is 0 Å². The van der Waals surface area contributed by atoms with Gasteiger partial charge in [0.15, 0.2) is 5.82 Å². The van der Waals surface area contributed by atoms with Gasteiger partial charge in [-0.05, 0) is 31.4 Å². The van der Waals surface area contributed by atoms with Crippen LogP contribution in [0.3, 0.4) is 0 Å². The second-order valence-electron chi connectivity index (χ2n) is 7.49. The van der Waals surface area contributed by atoms with Gasteiger partial charge in [-0.3, -0.25) is 9.69 Å². The second kappa shape index (κ2) is 9.59. The Bertz CT molecular complexity index is 968. The molecule has 2 aliphatic rings. The van der Waals surface area contributed by atoms with Gasteiger partial charge >= 0.3 is 6.09 Å². The lowest BCUT2D eigenvalue weighted by Gasteiger charge is -2.32. The summed E-state index contributed by atoms with van der Waals surface area (Å²) in [5.74, 6) is -0.123. The topological polar surface area (TPSA) is 87.7 Å². The Morgan fingerprint density at radius 2 is 2.10 bits per heavy atom. The summed E-state index contributed by atoms with van der Waals surface area (Å²) in [6.45, 7) is 2.28. The third-order valence-electron chi connectivity index (χ3n) is 5.44. The van der Waals surface area contributed by atoms with Crippen LogP contribution in [0.5, 0.6) is 0 Å². The lowest BCUT2D eigenvalue weighted by Crippen LogP contribution is -2.43. The van der Waals surface area contributed by atoms with Crippen molar-refractivity contribution in [3.8, 4) is 11.3 Å². The first-order chi connectivity index (χ1) is 15.0. The number of carbonyl (C=O) groups excluding carboxylic acids is 2. The number of piperidine rings is 1. The molecule has 10 heteroatoms. The number of hydrogen-bond acceptors (Lipinski definition) is 6. The maximum absolute atomic E-state index is 14.6. The molecule has 0 radical (unpaired) electrons. The van der Waals surface area contributed by atoms with E-state index in [-0.39, 0.29) is 17.6 Å². The first kappa shape index (κ1) is 21.5. The van der Waals surface area contributed by atoms with Crippen LogP contribution < -0.4 is 10.2 Å². The van der Waals surface area contributed by atoms with Gasteiger partial charge in [0.1, 0.15) is 5.69 Å². The molecule has 2 saturated heterocycles. The number of rotatable bonds is 5. The Hall–Kier alpha value is -2.75. The molecule has 1 aromatic heterocycles. The van der Waals surface area contributed by atoms with Gasteiger partial charge in [-0.2, -0.15) is 0 Å². The Balaban J connectivity index is 1.49. The number of anilines is 2. The van der Waals surface area contributed by atoms with E-state index in [1.54, 1.807) is 24.3 Å². The van der Waals surface area contributed by atoms with Crippen molar-refractivity contribution in [1.82, 2.24) is 14.9 Å².